The van der Waals surface area contributed by atoms with Crippen molar-refractivity contribution < 1.29 is 23.9 Å². The Bertz CT molecular complexity index is 1660. The maximum absolute atomic E-state index is 13.0. The lowest BCUT2D eigenvalue weighted by Gasteiger charge is -2.15. The summed E-state index contributed by atoms with van der Waals surface area (Å²) in [6.45, 7) is 1.85. The normalized spacial score (nSPS) is 14.0. The molecular weight excluding hydrogens is 621 g/mol. The molecule has 4 aromatic carbocycles. The summed E-state index contributed by atoms with van der Waals surface area (Å²) in [7, 11) is 1.55. The first-order valence-electron chi connectivity index (χ1n) is 12.5. The van der Waals surface area contributed by atoms with E-state index in [-0.39, 0.29) is 5.70 Å². The molecule has 40 heavy (non-hydrogen) atoms. The second-order valence-corrected chi connectivity index (χ2v) is 10.4. The third-order valence-electron chi connectivity index (χ3n) is 6.38. The van der Waals surface area contributed by atoms with Crippen LogP contribution in [0.25, 0.3) is 16.8 Å². The van der Waals surface area contributed by atoms with Crippen LogP contribution in [0, 0.1) is 10.5 Å². The van der Waals surface area contributed by atoms with Crippen molar-refractivity contribution in [1.82, 2.24) is 10.2 Å². The molecule has 0 unspecified atom stereocenters. The van der Waals surface area contributed by atoms with Gasteiger partial charge >= 0.3 is 6.03 Å². The van der Waals surface area contributed by atoms with Gasteiger partial charge in [0.05, 0.1) is 10.7 Å². The predicted molar refractivity (Wildman–Crippen MR) is 162 cm³/mol. The smallest absolute Gasteiger partial charge is 0.329 e. The number of methoxy groups -OCH3 is 1. The van der Waals surface area contributed by atoms with Crippen molar-refractivity contribution in [1.29, 1.82) is 0 Å². The minimum absolute atomic E-state index is 0.0654. The van der Waals surface area contributed by atoms with Crippen molar-refractivity contribution >= 4 is 63.0 Å². The van der Waals surface area contributed by atoms with Crippen LogP contribution in [0.4, 0.5) is 10.5 Å². The van der Waals surface area contributed by atoms with Crippen molar-refractivity contribution in [3.63, 3.8) is 0 Å². The number of anilines is 1. The van der Waals surface area contributed by atoms with Gasteiger partial charge in [0, 0.05) is 5.69 Å². The zero-order valence-electron chi connectivity index (χ0n) is 21.9. The number of ether oxygens (including phenoxy) is 2. The Morgan fingerprint density at radius 3 is 2.60 bits per heavy atom. The molecular formula is C31H26IN3O5. The van der Waals surface area contributed by atoms with Crippen LogP contribution in [0.3, 0.4) is 0 Å². The highest BCUT2D eigenvalue weighted by Crippen LogP contribution is 2.36. The lowest BCUT2D eigenvalue weighted by atomic mass is 10.1. The van der Waals surface area contributed by atoms with Crippen LogP contribution in [-0.4, -0.2) is 36.4 Å². The number of carbonyl (C=O) groups excluding carboxylic acids is 3. The summed E-state index contributed by atoms with van der Waals surface area (Å²) in [5, 5.41) is 7.53. The van der Waals surface area contributed by atoms with Crippen molar-refractivity contribution in [2.75, 3.05) is 19.0 Å². The Morgan fingerprint density at radius 1 is 1.02 bits per heavy atom. The Hall–Kier alpha value is -4.38. The minimum atomic E-state index is -0.660. The Morgan fingerprint density at radius 2 is 1.80 bits per heavy atom. The number of hydrogen-bond donors (Lipinski definition) is 2. The standard InChI is InChI=1S/C31H26IN3O5/c1-19-7-5-11-23(13-19)33-28(36)17-35-30(37)26(34-31(35)38)15-20-14-25(32)29(27(16-20)39-2)40-18-22-10-6-9-21-8-3-4-12-24(21)22/h3-16H,17-18H2,1-2H3,(H,33,36)(H,34,38)/b26-15+. The van der Waals surface area contributed by atoms with E-state index in [0.717, 1.165) is 30.4 Å². The van der Waals surface area contributed by atoms with E-state index in [2.05, 4.69) is 51.4 Å². The van der Waals surface area contributed by atoms with Crippen molar-refractivity contribution in [2.24, 2.45) is 0 Å². The van der Waals surface area contributed by atoms with Gasteiger partial charge in [0.25, 0.3) is 5.91 Å². The third kappa shape index (κ3) is 5.94. The molecule has 1 heterocycles. The molecule has 4 aromatic rings. The van der Waals surface area contributed by atoms with Crippen LogP contribution < -0.4 is 20.1 Å². The Balaban J connectivity index is 1.30. The minimum Gasteiger partial charge on any atom is -0.493 e. The van der Waals surface area contributed by atoms with E-state index >= 15 is 0 Å². The van der Waals surface area contributed by atoms with Gasteiger partial charge in [-0.3, -0.25) is 9.59 Å². The van der Waals surface area contributed by atoms with Gasteiger partial charge in [-0.1, -0.05) is 54.6 Å². The molecule has 5 rings (SSSR count). The van der Waals surface area contributed by atoms with E-state index in [4.69, 9.17) is 9.47 Å². The fourth-order valence-electron chi connectivity index (χ4n) is 4.48. The molecule has 2 N–H and O–H groups in total. The van der Waals surface area contributed by atoms with Crippen LogP contribution in [-0.2, 0) is 16.2 Å². The topological polar surface area (TPSA) is 97.0 Å². The first-order valence-corrected chi connectivity index (χ1v) is 13.6. The largest absolute Gasteiger partial charge is 0.493 e. The highest BCUT2D eigenvalue weighted by atomic mass is 127. The number of benzene rings is 4. The van der Waals surface area contributed by atoms with Gasteiger partial charge < -0.3 is 20.1 Å². The number of nitrogens with one attached hydrogen (secondary N) is 2. The van der Waals surface area contributed by atoms with Gasteiger partial charge in [-0.25, -0.2) is 9.69 Å². The van der Waals surface area contributed by atoms with Crippen LogP contribution in [0.15, 0.2) is 84.6 Å². The zero-order valence-corrected chi connectivity index (χ0v) is 24.0. The fourth-order valence-corrected chi connectivity index (χ4v) is 5.26. The molecule has 4 amide bonds. The van der Waals surface area contributed by atoms with E-state index in [1.54, 1.807) is 31.4 Å². The number of urea groups is 1. The van der Waals surface area contributed by atoms with E-state index < -0.39 is 24.4 Å². The van der Waals surface area contributed by atoms with Crippen LogP contribution in [0.1, 0.15) is 16.7 Å². The van der Waals surface area contributed by atoms with Gasteiger partial charge in [-0.15, -0.1) is 0 Å². The van der Waals surface area contributed by atoms with Crippen molar-refractivity contribution in [3.8, 4) is 11.5 Å². The molecule has 0 aromatic heterocycles. The summed E-state index contributed by atoms with van der Waals surface area (Å²) in [6, 6.07) is 24.4. The van der Waals surface area contributed by atoms with Gasteiger partial charge in [0.2, 0.25) is 5.91 Å². The van der Waals surface area contributed by atoms with Crippen molar-refractivity contribution in [3.05, 3.63) is 105 Å². The second-order valence-electron chi connectivity index (χ2n) is 9.26. The molecule has 8 nitrogen and oxygen atoms in total. The monoisotopic (exact) mass is 647 g/mol. The third-order valence-corrected chi connectivity index (χ3v) is 7.18. The maximum Gasteiger partial charge on any atom is 0.329 e. The summed E-state index contributed by atoms with van der Waals surface area (Å²) in [6.07, 6.45) is 1.55. The number of hydrogen-bond acceptors (Lipinski definition) is 5. The molecule has 9 heteroatoms. The van der Waals surface area contributed by atoms with E-state index in [1.165, 1.54) is 0 Å². The highest BCUT2D eigenvalue weighted by molar-refractivity contribution is 14.1. The number of fused-ring (bicyclic) bond motifs is 1. The lowest BCUT2D eigenvalue weighted by molar-refractivity contribution is -0.127. The van der Waals surface area contributed by atoms with E-state index in [0.29, 0.717) is 29.4 Å². The van der Waals surface area contributed by atoms with Gasteiger partial charge in [0.15, 0.2) is 11.5 Å². The molecule has 202 valence electrons. The quantitative estimate of drug-likeness (QED) is 0.142. The van der Waals surface area contributed by atoms with Crippen molar-refractivity contribution in [2.45, 2.75) is 13.5 Å². The second kappa shape index (κ2) is 11.8. The molecule has 1 aliphatic heterocycles. The first-order chi connectivity index (χ1) is 19.3. The summed E-state index contributed by atoms with van der Waals surface area (Å²) in [5.74, 6) is 0.00785. The molecule has 1 aliphatic rings. The highest BCUT2D eigenvalue weighted by Gasteiger charge is 2.35. The molecule has 0 aliphatic carbocycles. The first kappa shape index (κ1) is 27.2. The zero-order chi connectivity index (χ0) is 28.2. The van der Waals surface area contributed by atoms with Crippen LogP contribution >= 0.6 is 22.6 Å². The summed E-state index contributed by atoms with van der Waals surface area (Å²) in [4.78, 5) is 38.9. The van der Waals surface area contributed by atoms with Crippen LogP contribution in [0.2, 0.25) is 0 Å². The number of carbonyl (C=O) groups is 3. The lowest BCUT2D eigenvalue weighted by Crippen LogP contribution is -2.38. The molecule has 0 saturated carbocycles. The number of aryl methyl sites for hydroxylation is 1. The van der Waals surface area contributed by atoms with E-state index in [1.807, 2.05) is 49.4 Å². The molecule has 1 saturated heterocycles. The van der Waals surface area contributed by atoms with Gasteiger partial charge in [-0.2, -0.15) is 0 Å². The summed E-state index contributed by atoms with van der Waals surface area (Å²) >= 11 is 2.15. The SMILES string of the molecule is COc1cc(/C=C2/NC(=O)N(CC(=O)Nc3cccc(C)c3)C2=O)cc(I)c1OCc1cccc2ccccc12. The average molecular weight is 647 g/mol. The molecule has 1 fully saturated rings. The maximum atomic E-state index is 13.0. The number of nitrogens with zero attached hydrogens (tertiary/aromatic N) is 1. The number of rotatable bonds is 8. The Labute approximate surface area is 245 Å². The number of halogens is 1. The molecule has 0 spiro atoms. The van der Waals surface area contributed by atoms with Crippen LogP contribution in [0.5, 0.6) is 11.5 Å². The molecule has 0 bridgehead atoms. The fraction of sp³-hybridized carbons (Fsp3) is 0.129. The molecule has 0 atom stereocenters. The summed E-state index contributed by atoms with van der Waals surface area (Å²) in [5.41, 5.74) is 3.32. The average Bonchev–Trinajstić information content (AvgIpc) is 3.19. The molecule has 0 radical (unpaired) electrons. The Kier molecular flexibility index (Phi) is 8.01. The number of amides is 4. The predicted octanol–water partition coefficient (Wildman–Crippen LogP) is 5.87. The van der Waals surface area contributed by atoms with Gasteiger partial charge in [-0.05, 0) is 87.3 Å². The van der Waals surface area contributed by atoms with E-state index in [9.17, 15) is 14.4 Å². The van der Waals surface area contributed by atoms with Gasteiger partial charge in [0.1, 0.15) is 18.8 Å². The number of imide groups is 1. The summed E-state index contributed by atoms with van der Waals surface area (Å²) < 4.78 is 12.6.